The van der Waals surface area contributed by atoms with E-state index in [9.17, 15) is 4.79 Å². The van der Waals surface area contributed by atoms with Crippen molar-refractivity contribution in [3.63, 3.8) is 0 Å². The van der Waals surface area contributed by atoms with Gasteiger partial charge in [-0.25, -0.2) is 0 Å². The Morgan fingerprint density at radius 2 is 2.00 bits per heavy atom. The first-order valence-electron chi connectivity index (χ1n) is 8.41. The molecule has 2 heterocycles. The van der Waals surface area contributed by atoms with Crippen molar-refractivity contribution >= 4 is 5.91 Å². The van der Waals surface area contributed by atoms with Gasteiger partial charge in [-0.15, -0.1) is 0 Å². The lowest BCUT2D eigenvalue weighted by Crippen LogP contribution is -2.50. The van der Waals surface area contributed by atoms with Crippen molar-refractivity contribution in [2.75, 3.05) is 39.3 Å². The molecule has 1 fully saturated rings. The maximum atomic E-state index is 13.2. The molecular weight excluding hydrogens is 276 g/mol. The number of piperazine rings is 1. The van der Waals surface area contributed by atoms with E-state index in [0.717, 1.165) is 57.7 Å². The third kappa shape index (κ3) is 4.27. The van der Waals surface area contributed by atoms with Crippen molar-refractivity contribution < 1.29 is 4.79 Å². The molecule has 1 aliphatic rings. The lowest BCUT2D eigenvalue weighted by molar-refractivity contribution is -0.137. The van der Waals surface area contributed by atoms with Gasteiger partial charge in [0, 0.05) is 51.7 Å². The van der Waals surface area contributed by atoms with Gasteiger partial charge in [-0.2, -0.15) is 0 Å². The molecule has 22 heavy (non-hydrogen) atoms. The van der Waals surface area contributed by atoms with Crippen LogP contribution in [0.1, 0.15) is 38.3 Å². The number of carbonyl (C=O) groups excluding carboxylic acids is 1. The molecule has 0 radical (unpaired) electrons. The van der Waals surface area contributed by atoms with Crippen LogP contribution in [0.3, 0.4) is 0 Å². The number of nitrogens with one attached hydrogen (secondary N) is 1. The van der Waals surface area contributed by atoms with Crippen LogP contribution in [0.15, 0.2) is 24.5 Å². The number of hydrogen-bond donors (Lipinski definition) is 1. The van der Waals surface area contributed by atoms with Crippen molar-refractivity contribution in [1.29, 1.82) is 0 Å². The SMILES string of the molecule is CCCN(CCC)C(=O)C(c1cccnc1)N1CCNCC1. The van der Waals surface area contributed by atoms with Crippen LogP contribution in [-0.2, 0) is 4.79 Å². The summed E-state index contributed by atoms with van der Waals surface area (Å²) in [5.74, 6) is 0.221. The van der Waals surface area contributed by atoms with Gasteiger partial charge in [0.25, 0.3) is 0 Å². The van der Waals surface area contributed by atoms with Crippen LogP contribution in [0, 0.1) is 0 Å². The molecule has 1 saturated heterocycles. The third-order valence-electron chi connectivity index (χ3n) is 4.05. The van der Waals surface area contributed by atoms with Crippen LogP contribution < -0.4 is 5.32 Å². The van der Waals surface area contributed by atoms with E-state index in [1.54, 1.807) is 6.20 Å². The molecule has 2 rings (SSSR count). The Morgan fingerprint density at radius 3 is 2.55 bits per heavy atom. The summed E-state index contributed by atoms with van der Waals surface area (Å²) in [5.41, 5.74) is 1.01. The number of carbonyl (C=O) groups is 1. The van der Waals surface area contributed by atoms with Crippen molar-refractivity contribution in [2.45, 2.75) is 32.7 Å². The van der Waals surface area contributed by atoms with Crippen LogP contribution in [0.4, 0.5) is 0 Å². The zero-order valence-electron chi connectivity index (χ0n) is 13.8. The summed E-state index contributed by atoms with van der Waals surface area (Å²) in [5, 5.41) is 3.36. The summed E-state index contributed by atoms with van der Waals surface area (Å²) < 4.78 is 0. The highest BCUT2D eigenvalue weighted by molar-refractivity contribution is 5.83. The Morgan fingerprint density at radius 1 is 1.32 bits per heavy atom. The third-order valence-corrected chi connectivity index (χ3v) is 4.05. The molecule has 0 spiro atoms. The molecule has 122 valence electrons. The van der Waals surface area contributed by atoms with Crippen molar-refractivity contribution in [2.24, 2.45) is 0 Å². The highest BCUT2D eigenvalue weighted by atomic mass is 16.2. The van der Waals surface area contributed by atoms with Crippen LogP contribution in [0.2, 0.25) is 0 Å². The van der Waals surface area contributed by atoms with Gasteiger partial charge >= 0.3 is 0 Å². The molecule has 1 N–H and O–H groups in total. The smallest absolute Gasteiger partial charge is 0.244 e. The van der Waals surface area contributed by atoms with E-state index in [2.05, 4.69) is 29.0 Å². The topological polar surface area (TPSA) is 48.5 Å². The lowest BCUT2D eigenvalue weighted by atomic mass is 10.0. The zero-order valence-corrected chi connectivity index (χ0v) is 13.8. The van der Waals surface area contributed by atoms with E-state index < -0.39 is 0 Å². The van der Waals surface area contributed by atoms with E-state index in [0.29, 0.717) is 0 Å². The minimum atomic E-state index is -0.200. The van der Waals surface area contributed by atoms with Gasteiger partial charge in [0.2, 0.25) is 5.91 Å². The number of aromatic nitrogens is 1. The van der Waals surface area contributed by atoms with Gasteiger partial charge in [-0.1, -0.05) is 19.9 Å². The van der Waals surface area contributed by atoms with Crippen molar-refractivity contribution in [3.05, 3.63) is 30.1 Å². The minimum Gasteiger partial charge on any atom is -0.341 e. The predicted molar refractivity (Wildman–Crippen MR) is 88.6 cm³/mol. The van der Waals surface area contributed by atoms with Crippen LogP contribution in [0.5, 0.6) is 0 Å². The largest absolute Gasteiger partial charge is 0.341 e. The van der Waals surface area contributed by atoms with E-state index >= 15 is 0 Å². The Bertz CT molecular complexity index is 439. The first-order valence-corrected chi connectivity index (χ1v) is 8.41. The first-order chi connectivity index (χ1) is 10.8. The lowest BCUT2D eigenvalue weighted by Gasteiger charge is -2.37. The van der Waals surface area contributed by atoms with Crippen LogP contribution in [-0.4, -0.2) is 60.0 Å². The Hall–Kier alpha value is -1.46. The molecule has 1 atom stereocenters. The summed E-state index contributed by atoms with van der Waals surface area (Å²) in [4.78, 5) is 21.7. The Balaban J connectivity index is 2.24. The maximum Gasteiger partial charge on any atom is 0.244 e. The van der Waals surface area contributed by atoms with Gasteiger partial charge in [-0.3, -0.25) is 14.7 Å². The highest BCUT2D eigenvalue weighted by Crippen LogP contribution is 2.23. The normalized spacial score (nSPS) is 17.2. The van der Waals surface area contributed by atoms with Gasteiger partial charge < -0.3 is 10.2 Å². The minimum absolute atomic E-state index is 0.200. The van der Waals surface area contributed by atoms with E-state index in [-0.39, 0.29) is 11.9 Å². The molecule has 5 heteroatoms. The van der Waals surface area contributed by atoms with Gasteiger partial charge in [-0.05, 0) is 24.5 Å². The molecule has 1 amide bonds. The maximum absolute atomic E-state index is 13.2. The van der Waals surface area contributed by atoms with Crippen molar-refractivity contribution in [1.82, 2.24) is 20.1 Å². The van der Waals surface area contributed by atoms with Gasteiger partial charge in [0.1, 0.15) is 6.04 Å². The molecule has 1 aromatic heterocycles. The Labute approximate surface area is 133 Å². The molecule has 0 bridgehead atoms. The quantitative estimate of drug-likeness (QED) is 0.832. The standard InChI is InChI=1S/C17H28N4O/c1-3-10-21(11-4-2)17(22)16(15-6-5-7-19-14-15)20-12-8-18-9-13-20/h5-7,14,16,18H,3-4,8-13H2,1-2H3. The predicted octanol–water partition coefficient (Wildman–Crippen LogP) is 1.68. The average Bonchev–Trinajstić information content (AvgIpc) is 2.57. The average molecular weight is 304 g/mol. The monoisotopic (exact) mass is 304 g/mol. The summed E-state index contributed by atoms with van der Waals surface area (Å²) in [6.07, 6.45) is 5.58. The fraction of sp³-hybridized carbons (Fsp3) is 0.647. The second-order valence-electron chi connectivity index (χ2n) is 5.80. The number of pyridine rings is 1. The van der Waals surface area contributed by atoms with E-state index in [1.165, 1.54) is 0 Å². The zero-order chi connectivity index (χ0) is 15.8. The van der Waals surface area contributed by atoms with E-state index in [4.69, 9.17) is 0 Å². The summed E-state index contributed by atoms with van der Waals surface area (Å²) >= 11 is 0. The molecule has 1 aromatic rings. The molecule has 1 unspecified atom stereocenters. The fourth-order valence-corrected chi connectivity index (χ4v) is 3.03. The fourth-order valence-electron chi connectivity index (χ4n) is 3.03. The molecule has 1 aliphatic heterocycles. The number of rotatable bonds is 7. The Kier molecular flexibility index (Phi) is 6.80. The second kappa shape index (κ2) is 8.86. The van der Waals surface area contributed by atoms with Crippen LogP contribution in [0.25, 0.3) is 0 Å². The molecule has 5 nitrogen and oxygen atoms in total. The highest BCUT2D eigenvalue weighted by Gasteiger charge is 2.31. The summed E-state index contributed by atoms with van der Waals surface area (Å²) in [6, 6.07) is 3.74. The van der Waals surface area contributed by atoms with Crippen LogP contribution >= 0.6 is 0 Å². The summed E-state index contributed by atoms with van der Waals surface area (Å²) in [7, 11) is 0. The summed E-state index contributed by atoms with van der Waals surface area (Å²) in [6.45, 7) is 9.58. The first kappa shape index (κ1) is 16.9. The number of amides is 1. The molecule has 0 aromatic carbocycles. The van der Waals surface area contributed by atoms with Gasteiger partial charge in [0.05, 0.1) is 0 Å². The number of nitrogens with zero attached hydrogens (tertiary/aromatic N) is 3. The molecular formula is C17H28N4O. The number of hydrogen-bond acceptors (Lipinski definition) is 4. The second-order valence-corrected chi connectivity index (χ2v) is 5.80. The van der Waals surface area contributed by atoms with Crippen molar-refractivity contribution in [3.8, 4) is 0 Å². The molecule has 0 saturated carbocycles. The van der Waals surface area contributed by atoms with E-state index in [1.807, 2.05) is 23.2 Å². The van der Waals surface area contributed by atoms with Gasteiger partial charge in [0.15, 0.2) is 0 Å². The molecule has 0 aliphatic carbocycles.